The normalized spacial score (nSPS) is 19.6. The minimum Gasteiger partial charge on any atom is -0.496 e. The van der Waals surface area contributed by atoms with Crippen LogP contribution in [-0.2, 0) is 16.0 Å². The van der Waals surface area contributed by atoms with Gasteiger partial charge < -0.3 is 14.2 Å². The number of ether oxygens (including phenoxy) is 3. The Labute approximate surface area is 212 Å². The Morgan fingerprint density at radius 1 is 1.09 bits per heavy atom. The standard InChI is InChI=1S/C30H36O4S/c1-6-7-8-9-21-10-13-24(27(16-21)32-5)29-17-22-11-12-23(18-28(22)35-29)33-25-14-15-26(20(25)4)34-30(31)19(2)3/h10-13,16-18,20,25-26H,2,6-9,14-15H2,1,3-5H3. The van der Waals surface area contributed by atoms with E-state index in [2.05, 4.69) is 56.8 Å². The number of carbonyl (C=O) groups excluding carboxylic acids is 1. The highest BCUT2D eigenvalue weighted by Gasteiger charge is 2.37. The van der Waals surface area contributed by atoms with E-state index in [1.165, 1.54) is 39.8 Å². The van der Waals surface area contributed by atoms with Gasteiger partial charge in [0.05, 0.1) is 7.11 Å². The minimum absolute atomic E-state index is 0.0233. The molecule has 0 bridgehead atoms. The van der Waals surface area contributed by atoms with Crippen LogP contribution in [0, 0.1) is 5.92 Å². The first kappa shape index (κ1) is 25.3. The fraction of sp³-hybridized carbons (Fsp3) is 0.433. The van der Waals surface area contributed by atoms with E-state index in [4.69, 9.17) is 14.2 Å². The van der Waals surface area contributed by atoms with Crippen molar-refractivity contribution in [3.05, 3.63) is 60.2 Å². The summed E-state index contributed by atoms with van der Waals surface area (Å²) in [5.74, 6) is 1.59. The molecule has 3 atom stereocenters. The van der Waals surface area contributed by atoms with Crippen molar-refractivity contribution in [3.63, 3.8) is 0 Å². The summed E-state index contributed by atoms with van der Waals surface area (Å²) in [7, 11) is 1.75. The van der Waals surface area contributed by atoms with Crippen LogP contribution in [-0.4, -0.2) is 25.3 Å². The Morgan fingerprint density at radius 2 is 1.89 bits per heavy atom. The van der Waals surface area contributed by atoms with Gasteiger partial charge in [0.1, 0.15) is 23.7 Å². The molecule has 0 N–H and O–H groups in total. The maximum Gasteiger partial charge on any atom is 0.333 e. The quantitative estimate of drug-likeness (QED) is 0.163. The van der Waals surface area contributed by atoms with Crippen molar-refractivity contribution in [3.8, 4) is 21.9 Å². The molecule has 0 spiro atoms. The van der Waals surface area contributed by atoms with Gasteiger partial charge in [0, 0.05) is 26.6 Å². The van der Waals surface area contributed by atoms with Gasteiger partial charge in [-0.05, 0) is 80.0 Å². The Morgan fingerprint density at radius 3 is 2.63 bits per heavy atom. The molecule has 3 unspecified atom stereocenters. The van der Waals surface area contributed by atoms with Crippen molar-refractivity contribution < 1.29 is 19.0 Å². The molecule has 4 nitrogen and oxygen atoms in total. The third-order valence-corrected chi connectivity index (χ3v) is 8.03. The molecule has 1 heterocycles. The molecule has 0 saturated heterocycles. The molecular formula is C30H36O4S. The predicted octanol–water partition coefficient (Wildman–Crippen LogP) is 7.97. The molecule has 0 amide bonds. The van der Waals surface area contributed by atoms with Gasteiger partial charge in [0.2, 0.25) is 0 Å². The summed E-state index contributed by atoms with van der Waals surface area (Å²) in [5, 5.41) is 1.19. The number of hydrogen-bond acceptors (Lipinski definition) is 5. The number of carbonyl (C=O) groups is 1. The second-order valence-corrected chi connectivity index (χ2v) is 10.7. The van der Waals surface area contributed by atoms with E-state index in [0.29, 0.717) is 5.57 Å². The first-order valence-electron chi connectivity index (χ1n) is 12.6. The van der Waals surface area contributed by atoms with E-state index in [1.807, 2.05) is 6.07 Å². The first-order valence-corrected chi connectivity index (χ1v) is 13.4. The van der Waals surface area contributed by atoms with Crippen LogP contribution in [0.15, 0.2) is 54.6 Å². The summed E-state index contributed by atoms with van der Waals surface area (Å²) in [6.45, 7) is 9.68. The molecule has 3 aromatic rings. The number of methoxy groups -OCH3 is 1. The average Bonchev–Trinajstić information content (AvgIpc) is 3.42. The largest absolute Gasteiger partial charge is 0.496 e. The first-order chi connectivity index (χ1) is 16.9. The molecule has 35 heavy (non-hydrogen) atoms. The third-order valence-electron chi connectivity index (χ3n) is 6.89. The van der Waals surface area contributed by atoms with Crippen molar-refractivity contribution >= 4 is 27.4 Å². The van der Waals surface area contributed by atoms with Gasteiger partial charge >= 0.3 is 5.97 Å². The van der Waals surface area contributed by atoms with E-state index >= 15 is 0 Å². The van der Waals surface area contributed by atoms with Gasteiger partial charge in [-0.1, -0.05) is 39.3 Å². The summed E-state index contributed by atoms with van der Waals surface area (Å²) in [5.41, 5.74) is 2.89. The van der Waals surface area contributed by atoms with Crippen LogP contribution in [0.2, 0.25) is 0 Å². The monoisotopic (exact) mass is 492 g/mol. The van der Waals surface area contributed by atoms with Crippen molar-refractivity contribution in [1.29, 1.82) is 0 Å². The second-order valence-electron chi connectivity index (χ2n) is 9.62. The Bertz CT molecular complexity index is 1190. The van der Waals surface area contributed by atoms with E-state index in [-0.39, 0.29) is 24.1 Å². The lowest BCUT2D eigenvalue weighted by Gasteiger charge is -2.22. The lowest BCUT2D eigenvalue weighted by atomic mass is 10.0. The summed E-state index contributed by atoms with van der Waals surface area (Å²) in [6, 6.07) is 15.1. The van der Waals surface area contributed by atoms with Crippen LogP contribution in [0.4, 0.5) is 0 Å². The molecule has 1 fully saturated rings. The molecule has 1 aromatic heterocycles. The maximum atomic E-state index is 11.9. The Balaban J connectivity index is 1.48. The fourth-order valence-electron chi connectivity index (χ4n) is 4.73. The maximum absolute atomic E-state index is 11.9. The van der Waals surface area contributed by atoms with Crippen LogP contribution >= 0.6 is 11.3 Å². The topological polar surface area (TPSA) is 44.8 Å². The van der Waals surface area contributed by atoms with Crippen LogP contribution in [0.3, 0.4) is 0 Å². The van der Waals surface area contributed by atoms with Crippen molar-refractivity contribution in [2.75, 3.05) is 7.11 Å². The van der Waals surface area contributed by atoms with Crippen molar-refractivity contribution in [1.82, 2.24) is 0 Å². The van der Waals surface area contributed by atoms with Crippen LogP contribution in [0.5, 0.6) is 11.5 Å². The summed E-state index contributed by atoms with van der Waals surface area (Å²) < 4.78 is 18.9. The Hall–Kier alpha value is -2.79. The lowest BCUT2D eigenvalue weighted by Crippen LogP contribution is -2.28. The van der Waals surface area contributed by atoms with E-state index < -0.39 is 0 Å². The molecule has 4 rings (SSSR count). The lowest BCUT2D eigenvalue weighted by molar-refractivity contribution is -0.146. The van der Waals surface area contributed by atoms with Crippen molar-refractivity contribution in [2.24, 2.45) is 5.92 Å². The van der Waals surface area contributed by atoms with Gasteiger partial charge in [-0.2, -0.15) is 0 Å². The minimum atomic E-state index is -0.320. The molecular weight excluding hydrogens is 456 g/mol. The van der Waals surface area contributed by atoms with E-state index in [9.17, 15) is 4.79 Å². The Kier molecular flexibility index (Phi) is 8.17. The van der Waals surface area contributed by atoms with Crippen LogP contribution in [0.1, 0.15) is 58.4 Å². The van der Waals surface area contributed by atoms with Crippen LogP contribution < -0.4 is 9.47 Å². The van der Waals surface area contributed by atoms with Gasteiger partial charge in [0.25, 0.3) is 0 Å². The smallest absolute Gasteiger partial charge is 0.333 e. The fourth-order valence-corrected chi connectivity index (χ4v) is 5.85. The zero-order valence-corrected chi connectivity index (χ0v) is 22.1. The molecule has 0 aliphatic heterocycles. The number of fused-ring (bicyclic) bond motifs is 1. The third kappa shape index (κ3) is 5.90. The molecule has 186 valence electrons. The van der Waals surface area contributed by atoms with E-state index in [0.717, 1.165) is 36.3 Å². The second kappa shape index (κ2) is 11.3. The molecule has 2 aromatic carbocycles. The summed E-state index contributed by atoms with van der Waals surface area (Å²) >= 11 is 1.75. The molecule has 0 radical (unpaired) electrons. The van der Waals surface area contributed by atoms with Gasteiger partial charge in [-0.25, -0.2) is 4.79 Å². The van der Waals surface area contributed by atoms with Crippen molar-refractivity contribution in [2.45, 2.75) is 71.5 Å². The highest BCUT2D eigenvalue weighted by Crippen LogP contribution is 2.41. The molecule has 1 saturated carbocycles. The zero-order chi connectivity index (χ0) is 24.9. The number of esters is 1. The number of thiophene rings is 1. The molecule has 1 aliphatic rings. The van der Waals surface area contributed by atoms with Gasteiger partial charge in [-0.3, -0.25) is 0 Å². The zero-order valence-electron chi connectivity index (χ0n) is 21.3. The molecule has 5 heteroatoms. The highest BCUT2D eigenvalue weighted by molar-refractivity contribution is 7.22. The van der Waals surface area contributed by atoms with Gasteiger partial charge in [-0.15, -0.1) is 11.3 Å². The van der Waals surface area contributed by atoms with Crippen LogP contribution in [0.25, 0.3) is 20.5 Å². The summed E-state index contributed by atoms with van der Waals surface area (Å²) in [4.78, 5) is 13.1. The highest BCUT2D eigenvalue weighted by atomic mass is 32.1. The van der Waals surface area contributed by atoms with E-state index in [1.54, 1.807) is 25.4 Å². The number of hydrogen-bond donors (Lipinski definition) is 0. The van der Waals surface area contributed by atoms with Gasteiger partial charge in [0.15, 0.2) is 0 Å². The summed E-state index contributed by atoms with van der Waals surface area (Å²) in [6.07, 6.45) is 6.35. The average molecular weight is 493 g/mol. The molecule has 1 aliphatic carbocycles. The predicted molar refractivity (Wildman–Crippen MR) is 145 cm³/mol. The number of benzene rings is 2. The number of unbranched alkanes of at least 4 members (excludes halogenated alkanes) is 2. The SMILES string of the molecule is C=C(C)C(=O)OC1CCC(Oc2ccc3cc(-c4ccc(CCCCC)cc4OC)sc3c2)C1C. The number of rotatable bonds is 10. The number of aryl methyl sites for hydroxylation is 1.